The molecule has 2 heterocycles. The van der Waals surface area contributed by atoms with E-state index in [-0.39, 0.29) is 6.04 Å². The average molecular weight is 303 g/mol. The highest BCUT2D eigenvalue weighted by atomic mass is 32.2. The Labute approximate surface area is 123 Å². The van der Waals surface area contributed by atoms with Gasteiger partial charge in [-0.15, -0.1) is 0 Å². The van der Waals surface area contributed by atoms with Crippen molar-refractivity contribution in [2.45, 2.75) is 52.0 Å². The molecule has 0 aromatic heterocycles. The highest BCUT2D eigenvalue weighted by Gasteiger charge is 2.26. The highest BCUT2D eigenvalue weighted by molar-refractivity contribution is 7.87. The third-order valence-electron chi connectivity index (χ3n) is 4.53. The summed E-state index contributed by atoms with van der Waals surface area (Å²) in [6.45, 7) is 8.44. The number of hydrogen-bond donors (Lipinski definition) is 1. The lowest BCUT2D eigenvalue weighted by atomic mass is 9.99. The lowest BCUT2D eigenvalue weighted by molar-refractivity contribution is 0.139. The first-order chi connectivity index (χ1) is 9.49. The largest absolute Gasteiger partial charge is 0.299 e. The summed E-state index contributed by atoms with van der Waals surface area (Å²) in [5.41, 5.74) is 0. The molecule has 2 atom stereocenters. The average Bonchev–Trinajstić information content (AvgIpc) is 2.46. The molecule has 2 aliphatic heterocycles. The fraction of sp³-hybridized carbons (Fsp3) is 1.00. The lowest BCUT2D eigenvalue weighted by Crippen LogP contribution is -2.50. The van der Waals surface area contributed by atoms with Crippen LogP contribution in [0.3, 0.4) is 0 Å². The Morgan fingerprint density at radius 2 is 1.85 bits per heavy atom. The summed E-state index contributed by atoms with van der Waals surface area (Å²) in [7, 11) is -3.27. The molecule has 0 aliphatic carbocycles. The quantitative estimate of drug-likeness (QED) is 0.836. The molecule has 0 saturated carbocycles. The number of hydrogen-bond acceptors (Lipinski definition) is 3. The lowest BCUT2D eigenvalue weighted by Gasteiger charge is -2.36. The normalized spacial score (nSPS) is 28.4. The van der Waals surface area contributed by atoms with Gasteiger partial charge in [-0.3, -0.25) is 4.90 Å². The molecule has 0 radical (unpaired) electrons. The minimum atomic E-state index is -3.27. The molecule has 2 saturated heterocycles. The molecular formula is C14H29N3O2S. The van der Waals surface area contributed by atoms with Crippen molar-refractivity contribution in [1.29, 1.82) is 0 Å². The summed E-state index contributed by atoms with van der Waals surface area (Å²) < 4.78 is 28.9. The van der Waals surface area contributed by atoms with Gasteiger partial charge in [0.15, 0.2) is 0 Å². The van der Waals surface area contributed by atoms with Gasteiger partial charge in [0.25, 0.3) is 10.2 Å². The van der Waals surface area contributed by atoms with Crippen LogP contribution in [0, 0.1) is 5.92 Å². The van der Waals surface area contributed by atoms with Gasteiger partial charge in [0.05, 0.1) is 0 Å². The van der Waals surface area contributed by atoms with Gasteiger partial charge in [-0.05, 0) is 45.1 Å². The highest BCUT2D eigenvalue weighted by Crippen LogP contribution is 2.18. The Kier molecular flexibility index (Phi) is 5.84. The van der Waals surface area contributed by atoms with Gasteiger partial charge in [0.2, 0.25) is 0 Å². The summed E-state index contributed by atoms with van der Waals surface area (Å²) >= 11 is 0. The van der Waals surface area contributed by atoms with Gasteiger partial charge < -0.3 is 0 Å². The number of piperidine rings is 2. The Balaban J connectivity index is 1.81. The first-order valence-electron chi connectivity index (χ1n) is 7.98. The first kappa shape index (κ1) is 16.2. The molecule has 0 aromatic carbocycles. The number of likely N-dealkylation sites (tertiary alicyclic amines) is 1. The molecule has 5 nitrogen and oxygen atoms in total. The predicted molar refractivity (Wildman–Crippen MR) is 81.8 cm³/mol. The van der Waals surface area contributed by atoms with E-state index in [1.165, 1.54) is 12.8 Å². The zero-order chi connectivity index (χ0) is 14.6. The minimum absolute atomic E-state index is 0.275. The van der Waals surface area contributed by atoms with Crippen LogP contribution in [-0.4, -0.2) is 56.4 Å². The third-order valence-corrected chi connectivity index (χ3v) is 6.10. The van der Waals surface area contributed by atoms with Crippen molar-refractivity contribution in [1.82, 2.24) is 13.9 Å². The molecule has 0 amide bonds. The van der Waals surface area contributed by atoms with Gasteiger partial charge >= 0.3 is 0 Å². The number of nitrogens with zero attached hydrogens (tertiary/aromatic N) is 2. The van der Waals surface area contributed by atoms with Crippen LogP contribution in [-0.2, 0) is 10.2 Å². The van der Waals surface area contributed by atoms with E-state index < -0.39 is 10.2 Å². The van der Waals surface area contributed by atoms with Gasteiger partial charge in [0, 0.05) is 32.2 Å². The molecule has 118 valence electrons. The van der Waals surface area contributed by atoms with Crippen molar-refractivity contribution >= 4 is 10.2 Å². The molecule has 0 spiro atoms. The zero-order valence-corrected chi connectivity index (χ0v) is 13.7. The molecule has 20 heavy (non-hydrogen) atoms. The summed E-state index contributed by atoms with van der Waals surface area (Å²) in [5, 5.41) is 0. The summed E-state index contributed by atoms with van der Waals surface area (Å²) in [6.07, 6.45) is 5.64. The monoisotopic (exact) mass is 303 g/mol. The van der Waals surface area contributed by atoms with Gasteiger partial charge in [-0.2, -0.15) is 12.7 Å². The second kappa shape index (κ2) is 7.20. The van der Waals surface area contributed by atoms with E-state index in [0.29, 0.717) is 19.6 Å². The Bertz CT molecular complexity index is 393. The minimum Gasteiger partial charge on any atom is -0.299 e. The van der Waals surface area contributed by atoms with Crippen LogP contribution in [0.2, 0.25) is 0 Å². The second-order valence-corrected chi connectivity index (χ2v) is 8.16. The summed E-state index contributed by atoms with van der Waals surface area (Å²) in [4.78, 5) is 2.41. The SMILES string of the molecule is CC1CCCN(C(C)CNS(=O)(=O)N2CCCCC2)C1. The Morgan fingerprint density at radius 3 is 2.50 bits per heavy atom. The number of rotatable bonds is 5. The van der Waals surface area contributed by atoms with Gasteiger partial charge in [-0.1, -0.05) is 13.3 Å². The van der Waals surface area contributed by atoms with Crippen LogP contribution in [0.1, 0.15) is 46.0 Å². The molecule has 2 unspecified atom stereocenters. The first-order valence-corrected chi connectivity index (χ1v) is 9.42. The van der Waals surface area contributed by atoms with Crippen molar-refractivity contribution in [3.63, 3.8) is 0 Å². The molecule has 2 fully saturated rings. The molecule has 1 N–H and O–H groups in total. The van der Waals surface area contributed by atoms with Crippen LogP contribution in [0.15, 0.2) is 0 Å². The maximum Gasteiger partial charge on any atom is 0.279 e. The van der Waals surface area contributed by atoms with Crippen LogP contribution in [0.25, 0.3) is 0 Å². The van der Waals surface area contributed by atoms with E-state index in [0.717, 1.165) is 38.3 Å². The van der Waals surface area contributed by atoms with E-state index in [1.54, 1.807) is 4.31 Å². The van der Waals surface area contributed by atoms with E-state index in [4.69, 9.17) is 0 Å². The smallest absolute Gasteiger partial charge is 0.279 e. The molecule has 0 aromatic rings. The van der Waals surface area contributed by atoms with E-state index in [1.807, 2.05) is 0 Å². The van der Waals surface area contributed by atoms with E-state index >= 15 is 0 Å². The predicted octanol–water partition coefficient (Wildman–Crippen LogP) is 1.43. The fourth-order valence-electron chi connectivity index (χ4n) is 3.18. The van der Waals surface area contributed by atoms with Gasteiger partial charge in [0.1, 0.15) is 0 Å². The van der Waals surface area contributed by atoms with Crippen LogP contribution in [0.5, 0.6) is 0 Å². The Morgan fingerprint density at radius 1 is 1.15 bits per heavy atom. The molecule has 2 aliphatic rings. The fourth-order valence-corrected chi connectivity index (χ4v) is 4.55. The standard InChI is InChI=1S/C14H29N3O2S/c1-13-7-6-8-16(12-13)14(2)11-15-20(18,19)17-9-4-3-5-10-17/h13-15H,3-12H2,1-2H3. The topological polar surface area (TPSA) is 52.7 Å². The maximum absolute atomic E-state index is 12.2. The summed E-state index contributed by atoms with van der Waals surface area (Å²) in [6, 6.07) is 0.275. The van der Waals surface area contributed by atoms with Crippen molar-refractivity contribution in [2.75, 3.05) is 32.7 Å². The van der Waals surface area contributed by atoms with Gasteiger partial charge in [-0.25, -0.2) is 4.72 Å². The molecule has 2 rings (SSSR count). The van der Waals surface area contributed by atoms with Crippen LogP contribution in [0.4, 0.5) is 0 Å². The zero-order valence-electron chi connectivity index (χ0n) is 12.8. The molecular weight excluding hydrogens is 274 g/mol. The number of nitrogens with one attached hydrogen (secondary N) is 1. The van der Waals surface area contributed by atoms with E-state index in [9.17, 15) is 8.42 Å². The second-order valence-electron chi connectivity index (χ2n) is 6.40. The van der Waals surface area contributed by atoms with Crippen LogP contribution < -0.4 is 4.72 Å². The van der Waals surface area contributed by atoms with Crippen LogP contribution >= 0.6 is 0 Å². The van der Waals surface area contributed by atoms with Crippen molar-refractivity contribution in [3.05, 3.63) is 0 Å². The van der Waals surface area contributed by atoms with Crippen molar-refractivity contribution in [2.24, 2.45) is 5.92 Å². The Hall–Kier alpha value is -0.170. The van der Waals surface area contributed by atoms with Crippen molar-refractivity contribution < 1.29 is 8.42 Å². The molecule has 0 bridgehead atoms. The summed E-state index contributed by atoms with van der Waals surface area (Å²) in [5.74, 6) is 0.727. The maximum atomic E-state index is 12.2. The van der Waals surface area contributed by atoms with E-state index in [2.05, 4.69) is 23.5 Å². The molecule has 6 heteroatoms. The van der Waals surface area contributed by atoms with Crippen molar-refractivity contribution in [3.8, 4) is 0 Å². The third kappa shape index (κ3) is 4.41.